The molecular formula is C33H59N3O12. The standard InChI is InChI=1S/C33H59N3O12/c1-2-48-30(24-47-25-32(42)43)36-29(39)23-46-22-21-34-27(37)20-19-26(33(44)45)35-28(38)17-15-13-11-9-7-5-3-4-6-8-10-12-14-16-18-31(40)41/h26,30H,2-25H2,1H3,(H,34,37)(H,35,38)(H,36,39)(H,40,41)(H,42,43)(H,44,45)/t26-,30?/m0/s1. The molecule has 0 aliphatic rings. The lowest BCUT2D eigenvalue weighted by Gasteiger charge is -2.18. The summed E-state index contributed by atoms with van der Waals surface area (Å²) in [6.07, 6.45) is 14.5. The number of carbonyl (C=O) groups excluding carboxylic acids is 3. The van der Waals surface area contributed by atoms with Gasteiger partial charge in [-0.05, 0) is 26.2 Å². The number of amides is 3. The smallest absolute Gasteiger partial charge is 0.329 e. The zero-order chi connectivity index (χ0) is 35.8. The van der Waals surface area contributed by atoms with Crippen LogP contribution in [0.15, 0.2) is 0 Å². The van der Waals surface area contributed by atoms with Crippen molar-refractivity contribution in [3.05, 3.63) is 0 Å². The molecule has 0 saturated carbocycles. The molecule has 1 unspecified atom stereocenters. The summed E-state index contributed by atoms with van der Waals surface area (Å²) in [7, 11) is 0. The van der Waals surface area contributed by atoms with Gasteiger partial charge >= 0.3 is 17.9 Å². The largest absolute Gasteiger partial charge is 0.481 e. The molecule has 15 heteroatoms. The summed E-state index contributed by atoms with van der Waals surface area (Å²) in [5.74, 6) is -4.35. The third kappa shape index (κ3) is 30.1. The van der Waals surface area contributed by atoms with Gasteiger partial charge in [-0.25, -0.2) is 9.59 Å². The molecule has 3 amide bonds. The van der Waals surface area contributed by atoms with Crippen molar-refractivity contribution < 1.29 is 58.3 Å². The summed E-state index contributed by atoms with van der Waals surface area (Å²) in [6.45, 7) is 1.08. The van der Waals surface area contributed by atoms with Crippen LogP contribution in [0, 0.1) is 0 Å². The van der Waals surface area contributed by atoms with E-state index in [9.17, 15) is 33.9 Å². The number of hydrogen-bond donors (Lipinski definition) is 6. The van der Waals surface area contributed by atoms with Crippen molar-refractivity contribution >= 4 is 35.6 Å². The predicted molar refractivity (Wildman–Crippen MR) is 176 cm³/mol. The van der Waals surface area contributed by atoms with Gasteiger partial charge in [0.15, 0.2) is 6.23 Å². The van der Waals surface area contributed by atoms with Crippen LogP contribution >= 0.6 is 0 Å². The number of aliphatic carboxylic acids is 3. The minimum atomic E-state index is -1.21. The van der Waals surface area contributed by atoms with Crippen molar-refractivity contribution in [2.75, 3.05) is 39.6 Å². The third-order valence-corrected chi connectivity index (χ3v) is 7.32. The number of rotatable bonds is 34. The van der Waals surface area contributed by atoms with Gasteiger partial charge in [-0.1, -0.05) is 77.0 Å². The Morgan fingerprint density at radius 1 is 0.583 bits per heavy atom. The molecule has 0 saturated heterocycles. The normalized spacial score (nSPS) is 12.2. The predicted octanol–water partition coefficient (Wildman–Crippen LogP) is 3.38. The average Bonchev–Trinajstić information content (AvgIpc) is 3.02. The van der Waals surface area contributed by atoms with Crippen LogP contribution in [-0.4, -0.2) is 103 Å². The highest BCUT2D eigenvalue weighted by atomic mass is 16.6. The Morgan fingerprint density at radius 2 is 1.12 bits per heavy atom. The van der Waals surface area contributed by atoms with Gasteiger partial charge in [-0.15, -0.1) is 0 Å². The fourth-order valence-corrected chi connectivity index (χ4v) is 4.81. The molecule has 0 rings (SSSR count). The van der Waals surface area contributed by atoms with E-state index in [4.69, 9.17) is 24.4 Å². The van der Waals surface area contributed by atoms with Gasteiger partial charge < -0.3 is 45.5 Å². The van der Waals surface area contributed by atoms with E-state index in [1.54, 1.807) is 6.92 Å². The van der Waals surface area contributed by atoms with Crippen LogP contribution in [0.5, 0.6) is 0 Å². The molecule has 0 aromatic carbocycles. The van der Waals surface area contributed by atoms with Gasteiger partial charge in [0.1, 0.15) is 19.3 Å². The second-order valence-electron chi connectivity index (χ2n) is 11.7. The monoisotopic (exact) mass is 689 g/mol. The molecule has 0 aliphatic heterocycles. The van der Waals surface area contributed by atoms with Gasteiger partial charge in [0.25, 0.3) is 0 Å². The molecule has 278 valence electrons. The van der Waals surface area contributed by atoms with Crippen LogP contribution in [0.4, 0.5) is 0 Å². The Hall–Kier alpha value is -3.30. The zero-order valence-corrected chi connectivity index (χ0v) is 28.6. The number of unbranched alkanes of at least 4 members (excludes halogenated alkanes) is 13. The van der Waals surface area contributed by atoms with Crippen molar-refractivity contribution in [2.45, 2.75) is 135 Å². The average molecular weight is 690 g/mol. The molecule has 0 aliphatic carbocycles. The minimum Gasteiger partial charge on any atom is -0.481 e. The molecule has 6 N–H and O–H groups in total. The number of hydrogen-bond acceptors (Lipinski definition) is 9. The van der Waals surface area contributed by atoms with Crippen molar-refractivity contribution in [1.29, 1.82) is 0 Å². The first-order chi connectivity index (χ1) is 23.0. The first-order valence-electron chi connectivity index (χ1n) is 17.3. The molecule has 0 spiro atoms. The van der Waals surface area contributed by atoms with E-state index in [0.717, 1.165) is 44.9 Å². The number of carboxylic acids is 3. The van der Waals surface area contributed by atoms with Crippen LogP contribution in [0.25, 0.3) is 0 Å². The Bertz CT molecular complexity index is 918. The van der Waals surface area contributed by atoms with E-state index in [0.29, 0.717) is 6.42 Å². The number of carbonyl (C=O) groups is 6. The summed E-state index contributed by atoms with van der Waals surface area (Å²) in [6, 6.07) is -1.17. The quantitative estimate of drug-likeness (QED) is 0.0422. The summed E-state index contributed by atoms with van der Waals surface area (Å²) in [4.78, 5) is 69.0. The van der Waals surface area contributed by atoms with Gasteiger partial charge in [0.05, 0.1) is 13.2 Å². The zero-order valence-electron chi connectivity index (χ0n) is 28.6. The van der Waals surface area contributed by atoms with Gasteiger partial charge in [0, 0.05) is 32.4 Å². The van der Waals surface area contributed by atoms with Crippen molar-refractivity contribution in [3.63, 3.8) is 0 Å². The maximum Gasteiger partial charge on any atom is 0.329 e. The molecule has 0 heterocycles. The number of nitrogens with one attached hydrogen (secondary N) is 3. The first kappa shape index (κ1) is 44.7. The van der Waals surface area contributed by atoms with Crippen LogP contribution in [0.3, 0.4) is 0 Å². The summed E-state index contributed by atoms with van der Waals surface area (Å²) in [5.41, 5.74) is 0. The van der Waals surface area contributed by atoms with Crippen molar-refractivity contribution in [2.24, 2.45) is 0 Å². The van der Waals surface area contributed by atoms with Crippen molar-refractivity contribution in [1.82, 2.24) is 16.0 Å². The second kappa shape index (κ2) is 31.0. The summed E-state index contributed by atoms with van der Waals surface area (Å²) < 4.78 is 15.4. The van der Waals surface area contributed by atoms with Gasteiger partial charge in [0.2, 0.25) is 17.7 Å². The second-order valence-corrected chi connectivity index (χ2v) is 11.7. The highest BCUT2D eigenvalue weighted by Gasteiger charge is 2.21. The van der Waals surface area contributed by atoms with Crippen LogP contribution in [0.1, 0.15) is 122 Å². The molecule has 0 radical (unpaired) electrons. The van der Waals surface area contributed by atoms with Gasteiger partial charge in [-0.3, -0.25) is 19.2 Å². The lowest BCUT2D eigenvalue weighted by molar-refractivity contribution is -0.145. The van der Waals surface area contributed by atoms with Crippen LogP contribution < -0.4 is 16.0 Å². The lowest BCUT2D eigenvalue weighted by atomic mass is 10.0. The van der Waals surface area contributed by atoms with Gasteiger partial charge in [-0.2, -0.15) is 0 Å². The highest BCUT2D eigenvalue weighted by molar-refractivity contribution is 5.84. The highest BCUT2D eigenvalue weighted by Crippen LogP contribution is 2.14. The van der Waals surface area contributed by atoms with E-state index in [2.05, 4.69) is 16.0 Å². The van der Waals surface area contributed by atoms with Crippen molar-refractivity contribution in [3.8, 4) is 0 Å². The van der Waals surface area contributed by atoms with E-state index in [1.807, 2.05) is 0 Å². The van der Waals surface area contributed by atoms with E-state index < -0.39 is 48.6 Å². The SMILES string of the molecule is CCOC(COCC(=O)O)NC(=O)COCCNC(=O)CC[C@H](NC(=O)CCCCCCCCCCCCCCCCC(=O)O)C(=O)O. The molecule has 0 aromatic heterocycles. The van der Waals surface area contributed by atoms with E-state index >= 15 is 0 Å². The van der Waals surface area contributed by atoms with Crippen LogP contribution in [-0.2, 0) is 43.0 Å². The fourth-order valence-electron chi connectivity index (χ4n) is 4.81. The summed E-state index contributed by atoms with van der Waals surface area (Å²) in [5, 5.41) is 34.3. The third-order valence-electron chi connectivity index (χ3n) is 7.32. The first-order valence-corrected chi connectivity index (χ1v) is 17.3. The summed E-state index contributed by atoms with van der Waals surface area (Å²) >= 11 is 0. The fraction of sp³-hybridized carbons (Fsp3) is 0.818. The Morgan fingerprint density at radius 3 is 1.62 bits per heavy atom. The Labute approximate surface area is 284 Å². The number of carboxylic acid groups (broad SMARTS) is 3. The maximum absolute atomic E-state index is 12.3. The molecule has 2 atom stereocenters. The molecule has 0 fully saturated rings. The molecular weight excluding hydrogens is 630 g/mol. The molecule has 0 bridgehead atoms. The lowest BCUT2D eigenvalue weighted by Crippen LogP contribution is -2.42. The molecule has 0 aromatic rings. The molecule has 15 nitrogen and oxygen atoms in total. The minimum absolute atomic E-state index is 0.0208. The number of ether oxygens (including phenoxy) is 3. The van der Waals surface area contributed by atoms with Crippen LogP contribution in [0.2, 0.25) is 0 Å². The van der Waals surface area contributed by atoms with E-state index in [-0.39, 0.29) is 64.6 Å². The Balaban J connectivity index is 3.87. The topological polar surface area (TPSA) is 227 Å². The molecule has 48 heavy (non-hydrogen) atoms. The Kier molecular flexibility index (Phi) is 28.9. The van der Waals surface area contributed by atoms with E-state index in [1.165, 1.54) is 38.5 Å². The maximum atomic E-state index is 12.3.